The summed E-state index contributed by atoms with van der Waals surface area (Å²) < 4.78 is 12.4. The van der Waals surface area contributed by atoms with E-state index in [9.17, 15) is 4.79 Å². The van der Waals surface area contributed by atoms with E-state index in [2.05, 4.69) is 15.4 Å². The van der Waals surface area contributed by atoms with Gasteiger partial charge in [-0.15, -0.1) is 0 Å². The lowest BCUT2D eigenvalue weighted by Crippen LogP contribution is -2.22. The number of anilines is 1. The molecule has 0 aliphatic carbocycles. The molecule has 29 heavy (non-hydrogen) atoms. The number of hydrogen-bond acceptors (Lipinski definition) is 6. The van der Waals surface area contributed by atoms with Gasteiger partial charge in [0.1, 0.15) is 11.1 Å². The van der Waals surface area contributed by atoms with Crippen molar-refractivity contribution in [3.8, 4) is 11.6 Å². The molecular formula is C20H18Cl2N4O3. The van der Waals surface area contributed by atoms with Crippen LogP contribution in [0.25, 0.3) is 5.69 Å². The summed E-state index contributed by atoms with van der Waals surface area (Å²) in [5.74, 6) is 0.544. The summed E-state index contributed by atoms with van der Waals surface area (Å²) in [6.07, 6.45) is 4.09. The first kappa shape index (κ1) is 19.7. The third-order valence-electron chi connectivity index (χ3n) is 4.45. The van der Waals surface area contributed by atoms with Crippen molar-refractivity contribution in [3.63, 3.8) is 0 Å². The average molecular weight is 433 g/mol. The highest BCUT2D eigenvalue weighted by Crippen LogP contribution is 2.20. The first-order valence-corrected chi connectivity index (χ1v) is 9.83. The predicted molar refractivity (Wildman–Crippen MR) is 111 cm³/mol. The maximum Gasteiger partial charge on any atom is 0.292 e. The van der Waals surface area contributed by atoms with Gasteiger partial charge < -0.3 is 14.8 Å². The van der Waals surface area contributed by atoms with Crippen molar-refractivity contribution in [1.82, 2.24) is 14.8 Å². The minimum atomic E-state index is -0.418. The van der Waals surface area contributed by atoms with Crippen LogP contribution >= 0.6 is 23.2 Å². The second-order valence-electron chi connectivity index (χ2n) is 6.52. The SMILES string of the molecule is O=c1c(Cl)c(NCc2ccnc(OC3CCOC3)c2)cnn1-c1ccc(Cl)cc1. The summed E-state index contributed by atoms with van der Waals surface area (Å²) in [4.78, 5) is 16.8. The fraction of sp³-hybridized carbons (Fsp3) is 0.250. The van der Waals surface area contributed by atoms with E-state index in [1.807, 2.05) is 12.1 Å². The monoisotopic (exact) mass is 432 g/mol. The average Bonchev–Trinajstić information content (AvgIpc) is 3.23. The van der Waals surface area contributed by atoms with E-state index in [1.54, 1.807) is 30.5 Å². The van der Waals surface area contributed by atoms with Gasteiger partial charge in [0.15, 0.2) is 0 Å². The minimum Gasteiger partial charge on any atom is -0.472 e. The van der Waals surface area contributed by atoms with Crippen LogP contribution in [-0.4, -0.2) is 34.1 Å². The molecule has 7 nitrogen and oxygen atoms in total. The lowest BCUT2D eigenvalue weighted by Gasteiger charge is -2.13. The fourth-order valence-corrected chi connectivity index (χ4v) is 3.24. The summed E-state index contributed by atoms with van der Waals surface area (Å²) in [6, 6.07) is 10.5. The molecule has 1 unspecified atom stereocenters. The van der Waals surface area contributed by atoms with Gasteiger partial charge in [-0.1, -0.05) is 23.2 Å². The van der Waals surface area contributed by atoms with Gasteiger partial charge in [0.05, 0.1) is 30.8 Å². The van der Waals surface area contributed by atoms with E-state index < -0.39 is 5.56 Å². The van der Waals surface area contributed by atoms with E-state index in [0.717, 1.165) is 12.0 Å². The zero-order chi connectivity index (χ0) is 20.2. The van der Waals surface area contributed by atoms with Gasteiger partial charge >= 0.3 is 0 Å². The van der Waals surface area contributed by atoms with E-state index in [0.29, 0.717) is 42.0 Å². The number of hydrogen-bond donors (Lipinski definition) is 1. The van der Waals surface area contributed by atoms with Gasteiger partial charge in [-0.3, -0.25) is 4.79 Å². The van der Waals surface area contributed by atoms with Gasteiger partial charge in [0.25, 0.3) is 5.56 Å². The molecular weight excluding hydrogens is 415 g/mol. The third-order valence-corrected chi connectivity index (χ3v) is 5.06. The molecule has 1 N–H and O–H groups in total. The second kappa shape index (κ2) is 8.82. The van der Waals surface area contributed by atoms with Crippen LogP contribution in [-0.2, 0) is 11.3 Å². The normalized spacial score (nSPS) is 16.0. The Morgan fingerprint density at radius 1 is 1.24 bits per heavy atom. The molecule has 4 rings (SSSR count). The molecule has 0 bridgehead atoms. The first-order valence-electron chi connectivity index (χ1n) is 9.07. The predicted octanol–water partition coefficient (Wildman–Crippen LogP) is 3.71. The van der Waals surface area contributed by atoms with Gasteiger partial charge in [0.2, 0.25) is 5.88 Å². The Morgan fingerprint density at radius 3 is 2.83 bits per heavy atom. The molecule has 1 aromatic carbocycles. The Balaban J connectivity index is 1.46. The Labute approximate surface area is 177 Å². The molecule has 0 amide bonds. The summed E-state index contributed by atoms with van der Waals surface area (Å²) >= 11 is 12.2. The first-order chi connectivity index (χ1) is 14.1. The van der Waals surface area contributed by atoms with Crippen molar-refractivity contribution in [1.29, 1.82) is 0 Å². The van der Waals surface area contributed by atoms with Crippen LogP contribution in [0.15, 0.2) is 53.6 Å². The number of benzene rings is 1. The highest BCUT2D eigenvalue weighted by molar-refractivity contribution is 6.33. The van der Waals surface area contributed by atoms with Crippen LogP contribution in [0.1, 0.15) is 12.0 Å². The molecule has 1 atom stereocenters. The van der Waals surface area contributed by atoms with Crippen molar-refractivity contribution >= 4 is 28.9 Å². The van der Waals surface area contributed by atoms with Crippen LogP contribution in [0.2, 0.25) is 10.0 Å². The van der Waals surface area contributed by atoms with Crippen LogP contribution in [0, 0.1) is 0 Å². The molecule has 0 saturated carbocycles. The molecule has 0 radical (unpaired) electrons. The van der Waals surface area contributed by atoms with Crippen molar-refractivity contribution in [2.45, 2.75) is 19.1 Å². The molecule has 2 aromatic heterocycles. The lowest BCUT2D eigenvalue weighted by molar-refractivity contribution is 0.138. The van der Waals surface area contributed by atoms with E-state index >= 15 is 0 Å². The maximum absolute atomic E-state index is 12.6. The molecule has 1 aliphatic heterocycles. The third kappa shape index (κ3) is 4.70. The topological polar surface area (TPSA) is 78.3 Å². The molecule has 9 heteroatoms. The van der Waals surface area contributed by atoms with Crippen molar-refractivity contribution in [3.05, 3.63) is 74.8 Å². The number of halogens is 2. The van der Waals surface area contributed by atoms with Crippen molar-refractivity contribution in [2.75, 3.05) is 18.5 Å². The zero-order valence-electron chi connectivity index (χ0n) is 15.3. The number of rotatable bonds is 6. The second-order valence-corrected chi connectivity index (χ2v) is 7.34. The number of ether oxygens (including phenoxy) is 2. The zero-order valence-corrected chi connectivity index (χ0v) is 16.9. The lowest BCUT2D eigenvalue weighted by atomic mass is 10.2. The van der Waals surface area contributed by atoms with Gasteiger partial charge in [-0.2, -0.15) is 9.78 Å². The van der Waals surface area contributed by atoms with Gasteiger partial charge in [-0.05, 0) is 35.9 Å². The molecule has 1 fully saturated rings. The van der Waals surface area contributed by atoms with Gasteiger partial charge in [0, 0.05) is 30.3 Å². The number of nitrogens with zero attached hydrogens (tertiary/aromatic N) is 3. The smallest absolute Gasteiger partial charge is 0.292 e. The Kier molecular flexibility index (Phi) is 5.99. The molecule has 3 heterocycles. The van der Waals surface area contributed by atoms with Crippen molar-refractivity contribution < 1.29 is 9.47 Å². The van der Waals surface area contributed by atoms with E-state index in [-0.39, 0.29) is 11.1 Å². The van der Waals surface area contributed by atoms with E-state index in [1.165, 1.54) is 10.9 Å². The van der Waals surface area contributed by atoms with Crippen LogP contribution in [0.3, 0.4) is 0 Å². The minimum absolute atomic E-state index is 0.0322. The largest absolute Gasteiger partial charge is 0.472 e. The van der Waals surface area contributed by atoms with Gasteiger partial charge in [-0.25, -0.2) is 4.98 Å². The van der Waals surface area contributed by atoms with Crippen LogP contribution < -0.4 is 15.6 Å². The fourth-order valence-electron chi connectivity index (χ4n) is 2.92. The maximum atomic E-state index is 12.6. The molecule has 1 aliphatic rings. The van der Waals surface area contributed by atoms with Crippen LogP contribution in [0.5, 0.6) is 5.88 Å². The number of aromatic nitrogens is 3. The summed E-state index contributed by atoms with van der Waals surface area (Å²) in [5, 5.41) is 7.98. The Hall–Kier alpha value is -2.61. The number of pyridine rings is 1. The molecule has 150 valence electrons. The summed E-state index contributed by atoms with van der Waals surface area (Å²) in [6.45, 7) is 1.72. The van der Waals surface area contributed by atoms with Crippen molar-refractivity contribution in [2.24, 2.45) is 0 Å². The highest BCUT2D eigenvalue weighted by atomic mass is 35.5. The highest BCUT2D eigenvalue weighted by Gasteiger charge is 2.18. The molecule has 1 saturated heterocycles. The van der Waals surface area contributed by atoms with E-state index in [4.69, 9.17) is 32.7 Å². The molecule has 0 spiro atoms. The summed E-state index contributed by atoms with van der Waals surface area (Å²) in [7, 11) is 0. The quantitative estimate of drug-likeness (QED) is 0.639. The Bertz CT molecular complexity index is 1050. The van der Waals surface area contributed by atoms with Crippen LogP contribution in [0.4, 0.5) is 5.69 Å². The standard InChI is InChI=1S/C20H18Cl2N4O3/c21-14-1-3-15(4-2-14)26-20(27)19(22)17(11-25-26)24-10-13-5-7-23-18(9-13)29-16-6-8-28-12-16/h1-5,7,9,11,16,24H,6,8,10,12H2. The molecule has 3 aromatic rings. The Morgan fingerprint density at radius 2 is 2.07 bits per heavy atom. The number of nitrogens with one attached hydrogen (secondary N) is 1. The summed E-state index contributed by atoms with van der Waals surface area (Å²) in [5.41, 5.74) is 1.55.